The molecule has 2 heterocycles. The van der Waals surface area contributed by atoms with Gasteiger partial charge in [0, 0.05) is 18.0 Å². The quantitative estimate of drug-likeness (QED) is 0.653. The van der Waals surface area contributed by atoms with E-state index in [1.54, 1.807) is 30.6 Å². The summed E-state index contributed by atoms with van der Waals surface area (Å²) in [5.41, 5.74) is 0.990. The Hall–Kier alpha value is -1.59. The molecule has 0 fully saturated rings. The fourth-order valence-electron chi connectivity index (χ4n) is 1.16. The van der Waals surface area contributed by atoms with Crippen LogP contribution in [-0.2, 0) is 0 Å². The molecule has 2 aromatic rings. The van der Waals surface area contributed by atoms with E-state index in [0.29, 0.717) is 5.76 Å². The molecule has 0 aromatic carbocycles. The zero-order valence-corrected chi connectivity index (χ0v) is 7.29. The average Bonchev–Trinajstić information content (AvgIpc) is 2.68. The summed E-state index contributed by atoms with van der Waals surface area (Å²) in [6, 6.07) is 6.78. The highest BCUT2D eigenvalue weighted by atomic mass is 16.4. The minimum absolute atomic E-state index is 0.136. The summed E-state index contributed by atoms with van der Waals surface area (Å²) in [7, 11) is -1.56. The normalized spacial score (nSPS) is 10.1. The van der Waals surface area contributed by atoms with Gasteiger partial charge in [0.25, 0.3) is 0 Å². The molecular weight excluding hydrogens is 181 g/mol. The summed E-state index contributed by atoms with van der Waals surface area (Å²) >= 11 is 0. The molecule has 0 aliphatic carbocycles. The lowest BCUT2D eigenvalue weighted by molar-refractivity contribution is 0.410. The highest BCUT2D eigenvalue weighted by molar-refractivity contribution is 6.57. The van der Waals surface area contributed by atoms with Crippen LogP contribution in [-0.4, -0.2) is 22.2 Å². The maximum atomic E-state index is 8.83. The number of furan rings is 1. The minimum atomic E-state index is -1.56. The van der Waals surface area contributed by atoms with Crippen LogP contribution < -0.4 is 5.66 Å². The largest absolute Gasteiger partial charge is 0.526 e. The topological polar surface area (TPSA) is 66.5 Å². The third-order valence-corrected chi connectivity index (χ3v) is 1.85. The number of nitrogens with zero attached hydrogens (tertiary/aromatic N) is 1. The lowest BCUT2D eigenvalue weighted by Crippen LogP contribution is -2.27. The smallest absolute Gasteiger partial charge is 0.465 e. The Kier molecular flexibility index (Phi) is 2.34. The average molecular weight is 189 g/mol. The van der Waals surface area contributed by atoms with E-state index in [-0.39, 0.29) is 5.66 Å². The highest BCUT2D eigenvalue weighted by Crippen LogP contribution is 2.16. The molecule has 70 valence electrons. The second-order valence-corrected chi connectivity index (χ2v) is 2.81. The van der Waals surface area contributed by atoms with Crippen molar-refractivity contribution in [1.82, 2.24) is 4.98 Å². The lowest BCUT2D eigenvalue weighted by Gasteiger charge is -1.95. The Balaban J connectivity index is 2.34. The Labute approximate surface area is 81.0 Å². The molecule has 14 heavy (non-hydrogen) atoms. The molecule has 2 rings (SSSR count). The first-order valence-corrected chi connectivity index (χ1v) is 4.13. The van der Waals surface area contributed by atoms with Crippen LogP contribution in [0.3, 0.4) is 0 Å². The third-order valence-electron chi connectivity index (χ3n) is 1.85. The molecule has 5 heteroatoms. The van der Waals surface area contributed by atoms with E-state index in [4.69, 9.17) is 14.5 Å². The van der Waals surface area contributed by atoms with Crippen LogP contribution in [0, 0.1) is 0 Å². The minimum Gasteiger partial charge on any atom is -0.465 e. The van der Waals surface area contributed by atoms with E-state index < -0.39 is 7.12 Å². The van der Waals surface area contributed by atoms with Gasteiger partial charge < -0.3 is 14.5 Å². The van der Waals surface area contributed by atoms with Gasteiger partial charge >= 0.3 is 7.12 Å². The predicted octanol–water partition coefficient (Wildman–Crippen LogP) is 0.0214. The summed E-state index contributed by atoms with van der Waals surface area (Å²) in [6.45, 7) is 0. The predicted molar refractivity (Wildman–Crippen MR) is 51.8 cm³/mol. The SMILES string of the molecule is OB(O)c1ccc(-c2ccncc2)o1. The number of hydrogen-bond donors (Lipinski definition) is 2. The molecule has 0 atom stereocenters. The monoisotopic (exact) mass is 189 g/mol. The summed E-state index contributed by atoms with van der Waals surface area (Å²) in [5.74, 6) is 0.593. The zero-order valence-electron chi connectivity index (χ0n) is 7.29. The van der Waals surface area contributed by atoms with Crippen molar-refractivity contribution in [3.63, 3.8) is 0 Å². The molecule has 2 aromatic heterocycles. The molecule has 0 aliphatic heterocycles. The van der Waals surface area contributed by atoms with Crippen LogP contribution >= 0.6 is 0 Å². The lowest BCUT2D eigenvalue weighted by atomic mass is 9.88. The van der Waals surface area contributed by atoms with Gasteiger partial charge in [0.15, 0.2) is 0 Å². The number of rotatable bonds is 2. The molecule has 0 aliphatic rings. The fourth-order valence-corrected chi connectivity index (χ4v) is 1.16. The molecule has 0 spiro atoms. The van der Waals surface area contributed by atoms with E-state index >= 15 is 0 Å². The van der Waals surface area contributed by atoms with Crippen molar-refractivity contribution in [3.8, 4) is 11.3 Å². The molecular formula is C9H8BNO3. The summed E-state index contributed by atoms with van der Waals surface area (Å²) in [6.07, 6.45) is 3.29. The van der Waals surface area contributed by atoms with Crippen molar-refractivity contribution in [1.29, 1.82) is 0 Å². The van der Waals surface area contributed by atoms with Gasteiger partial charge in [-0.1, -0.05) is 0 Å². The van der Waals surface area contributed by atoms with Crippen LogP contribution in [0.4, 0.5) is 0 Å². The van der Waals surface area contributed by atoms with E-state index in [0.717, 1.165) is 5.56 Å². The Morgan fingerprint density at radius 1 is 1.07 bits per heavy atom. The molecule has 0 bridgehead atoms. The summed E-state index contributed by atoms with van der Waals surface area (Å²) in [5, 5.41) is 17.7. The van der Waals surface area contributed by atoms with Crippen molar-refractivity contribution >= 4 is 12.8 Å². The van der Waals surface area contributed by atoms with Crippen LogP contribution in [0.5, 0.6) is 0 Å². The molecule has 0 unspecified atom stereocenters. The number of hydrogen-bond acceptors (Lipinski definition) is 4. The zero-order chi connectivity index (χ0) is 9.97. The van der Waals surface area contributed by atoms with Gasteiger partial charge in [0.1, 0.15) is 11.4 Å². The second kappa shape index (κ2) is 3.65. The van der Waals surface area contributed by atoms with Gasteiger partial charge in [0.05, 0.1) is 0 Å². The second-order valence-electron chi connectivity index (χ2n) is 2.81. The number of pyridine rings is 1. The van der Waals surface area contributed by atoms with E-state index in [2.05, 4.69) is 4.98 Å². The highest BCUT2D eigenvalue weighted by Gasteiger charge is 2.16. The van der Waals surface area contributed by atoms with Crippen LogP contribution in [0.25, 0.3) is 11.3 Å². The van der Waals surface area contributed by atoms with Crippen LogP contribution in [0.15, 0.2) is 41.1 Å². The van der Waals surface area contributed by atoms with Gasteiger partial charge in [-0.05, 0) is 24.3 Å². The standard InChI is InChI=1S/C9H8BNO3/c12-10(13)9-2-1-8(14-9)7-3-5-11-6-4-7/h1-6,12-13H. The molecule has 0 saturated heterocycles. The fraction of sp³-hybridized carbons (Fsp3) is 0. The van der Waals surface area contributed by atoms with Crippen LogP contribution in [0.1, 0.15) is 0 Å². The maximum absolute atomic E-state index is 8.83. The van der Waals surface area contributed by atoms with Crippen molar-refractivity contribution in [2.45, 2.75) is 0 Å². The first kappa shape index (κ1) is 8.99. The van der Waals surface area contributed by atoms with E-state index in [9.17, 15) is 0 Å². The summed E-state index contributed by atoms with van der Waals surface area (Å²) in [4.78, 5) is 3.87. The van der Waals surface area contributed by atoms with Crippen molar-refractivity contribution in [2.24, 2.45) is 0 Å². The van der Waals surface area contributed by atoms with Crippen molar-refractivity contribution in [2.75, 3.05) is 0 Å². The summed E-state index contributed by atoms with van der Waals surface area (Å²) < 4.78 is 5.20. The molecule has 0 radical (unpaired) electrons. The Morgan fingerprint density at radius 2 is 1.79 bits per heavy atom. The van der Waals surface area contributed by atoms with Gasteiger partial charge in [0.2, 0.25) is 0 Å². The van der Waals surface area contributed by atoms with Crippen molar-refractivity contribution in [3.05, 3.63) is 36.7 Å². The van der Waals surface area contributed by atoms with Gasteiger partial charge in [-0.15, -0.1) is 0 Å². The maximum Gasteiger partial charge on any atom is 0.526 e. The molecule has 4 nitrogen and oxygen atoms in total. The molecule has 0 saturated carbocycles. The molecule has 2 N–H and O–H groups in total. The third kappa shape index (κ3) is 1.68. The van der Waals surface area contributed by atoms with Crippen molar-refractivity contribution < 1.29 is 14.5 Å². The first-order valence-electron chi connectivity index (χ1n) is 4.13. The Morgan fingerprint density at radius 3 is 2.36 bits per heavy atom. The van der Waals surface area contributed by atoms with Crippen LogP contribution in [0.2, 0.25) is 0 Å². The van der Waals surface area contributed by atoms with Gasteiger partial charge in [-0.2, -0.15) is 0 Å². The molecule has 0 amide bonds. The Bertz CT molecular complexity index is 413. The first-order chi connectivity index (χ1) is 6.77. The van der Waals surface area contributed by atoms with Gasteiger partial charge in [-0.3, -0.25) is 4.98 Å². The van der Waals surface area contributed by atoms with E-state index in [1.165, 1.54) is 6.07 Å². The number of aromatic nitrogens is 1. The van der Waals surface area contributed by atoms with Gasteiger partial charge in [-0.25, -0.2) is 0 Å². The van der Waals surface area contributed by atoms with E-state index in [1.807, 2.05) is 0 Å².